The molecule has 2 atom stereocenters. The van der Waals surface area contributed by atoms with Gasteiger partial charge in [-0.05, 0) is 60.6 Å². The average Bonchev–Trinajstić information content (AvgIpc) is 2.78. The molecule has 2 aromatic rings. The van der Waals surface area contributed by atoms with Crippen molar-refractivity contribution in [3.8, 4) is 0 Å². The van der Waals surface area contributed by atoms with E-state index in [-0.39, 0.29) is 23.3 Å². The maximum atomic E-state index is 13.0. The van der Waals surface area contributed by atoms with Crippen LogP contribution in [0.4, 0.5) is 5.69 Å². The molecular formula is C25H33N3O4S. The standard InChI is InChI=1S/C25H33N3O4S/c1-5-20-8-6-7-9-23(20)26-24(29)17-27(4)25(30)21-10-12-22(13-11-21)33(31,32)28-15-18(2)14-19(3)16-28/h6-13,18-19H,5,14-17H2,1-4H3,(H,26,29)/t18-,19+. The van der Waals surface area contributed by atoms with E-state index >= 15 is 0 Å². The molecule has 1 saturated heterocycles. The number of sulfonamides is 1. The van der Waals surface area contributed by atoms with Gasteiger partial charge in [0.1, 0.15) is 0 Å². The smallest absolute Gasteiger partial charge is 0.254 e. The summed E-state index contributed by atoms with van der Waals surface area (Å²) in [4.78, 5) is 26.7. The van der Waals surface area contributed by atoms with Gasteiger partial charge >= 0.3 is 0 Å². The summed E-state index contributed by atoms with van der Waals surface area (Å²) < 4.78 is 27.6. The van der Waals surface area contributed by atoms with Crippen LogP contribution in [0.1, 0.15) is 43.1 Å². The SMILES string of the molecule is CCc1ccccc1NC(=O)CN(C)C(=O)c1ccc(S(=O)(=O)N2C[C@H](C)C[C@H](C)C2)cc1. The van der Waals surface area contributed by atoms with Crippen molar-refractivity contribution in [2.45, 2.75) is 38.5 Å². The van der Waals surface area contributed by atoms with E-state index in [2.05, 4.69) is 19.2 Å². The van der Waals surface area contributed by atoms with Gasteiger partial charge in [-0.1, -0.05) is 39.0 Å². The van der Waals surface area contributed by atoms with Crippen LogP contribution in [-0.2, 0) is 21.2 Å². The van der Waals surface area contributed by atoms with Crippen LogP contribution in [0.25, 0.3) is 0 Å². The molecule has 7 nitrogen and oxygen atoms in total. The highest BCUT2D eigenvalue weighted by Crippen LogP contribution is 2.27. The Morgan fingerprint density at radius 1 is 1.03 bits per heavy atom. The first-order valence-corrected chi connectivity index (χ1v) is 12.8. The molecule has 2 amide bonds. The number of piperidine rings is 1. The molecule has 0 spiro atoms. The first-order valence-electron chi connectivity index (χ1n) is 11.3. The number of amides is 2. The van der Waals surface area contributed by atoms with Gasteiger partial charge in [-0.3, -0.25) is 9.59 Å². The van der Waals surface area contributed by atoms with Crippen molar-refractivity contribution in [3.05, 3.63) is 59.7 Å². The number of nitrogens with one attached hydrogen (secondary N) is 1. The minimum atomic E-state index is -3.61. The fourth-order valence-electron chi connectivity index (χ4n) is 4.37. The fraction of sp³-hybridized carbons (Fsp3) is 0.440. The molecule has 1 aliphatic heterocycles. The van der Waals surface area contributed by atoms with Crippen LogP contribution in [-0.4, -0.2) is 56.1 Å². The van der Waals surface area contributed by atoms with Gasteiger partial charge < -0.3 is 10.2 Å². The second-order valence-electron chi connectivity index (χ2n) is 9.01. The van der Waals surface area contributed by atoms with Gasteiger partial charge in [0, 0.05) is 31.4 Å². The zero-order valence-corrected chi connectivity index (χ0v) is 20.6. The van der Waals surface area contributed by atoms with Crippen molar-refractivity contribution >= 4 is 27.5 Å². The summed E-state index contributed by atoms with van der Waals surface area (Å²) in [6, 6.07) is 13.5. The molecule has 1 fully saturated rings. The lowest BCUT2D eigenvalue weighted by Gasteiger charge is -2.34. The van der Waals surface area contributed by atoms with E-state index in [0.29, 0.717) is 30.5 Å². The highest BCUT2D eigenvalue weighted by molar-refractivity contribution is 7.89. The van der Waals surface area contributed by atoms with Crippen LogP contribution >= 0.6 is 0 Å². The lowest BCUT2D eigenvalue weighted by molar-refractivity contribution is -0.116. The number of likely N-dealkylation sites (N-methyl/N-ethyl adjacent to an activating group) is 1. The minimum Gasteiger partial charge on any atom is -0.332 e. The van der Waals surface area contributed by atoms with Crippen LogP contribution in [0.15, 0.2) is 53.4 Å². The summed E-state index contributed by atoms with van der Waals surface area (Å²) >= 11 is 0. The quantitative estimate of drug-likeness (QED) is 0.668. The van der Waals surface area contributed by atoms with Crippen LogP contribution in [0.2, 0.25) is 0 Å². The van der Waals surface area contributed by atoms with Crippen LogP contribution in [0, 0.1) is 11.8 Å². The Hall–Kier alpha value is -2.71. The van der Waals surface area contributed by atoms with E-state index in [9.17, 15) is 18.0 Å². The van der Waals surface area contributed by atoms with Gasteiger partial charge in [-0.2, -0.15) is 4.31 Å². The van der Waals surface area contributed by atoms with Crippen molar-refractivity contribution in [3.63, 3.8) is 0 Å². The van der Waals surface area contributed by atoms with E-state index in [4.69, 9.17) is 0 Å². The summed E-state index contributed by atoms with van der Waals surface area (Å²) in [6.45, 7) is 7.04. The molecule has 178 valence electrons. The highest BCUT2D eigenvalue weighted by Gasteiger charge is 2.31. The van der Waals surface area contributed by atoms with Gasteiger partial charge in [-0.15, -0.1) is 0 Å². The molecule has 1 N–H and O–H groups in total. The zero-order valence-electron chi connectivity index (χ0n) is 19.7. The monoisotopic (exact) mass is 471 g/mol. The van der Waals surface area contributed by atoms with Crippen molar-refractivity contribution in [2.75, 3.05) is 32.0 Å². The summed E-state index contributed by atoms with van der Waals surface area (Å²) in [5, 5.41) is 2.85. The lowest BCUT2D eigenvalue weighted by Crippen LogP contribution is -2.42. The second-order valence-corrected chi connectivity index (χ2v) is 11.0. The van der Waals surface area contributed by atoms with Crippen LogP contribution in [0.3, 0.4) is 0 Å². The number of anilines is 1. The third kappa shape index (κ3) is 6.00. The van der Waals surface area contributed by atoms with Crippen molar-refractivity contribution in [1.29, 1.82) is 0 Å². The normalized spacial score (nSPS) is 19.2. The summed E-state index contributed by atoms with van der Waals surface area (Å²) in [6.07, 6.45) is 1.80. The maximum Gasteiger partial charge on any atom is 0.254 e. The number of para-hydroxylation sites is 1. The summed E-state index contributed by atoms with van der Waals surface area (Å²) in [5.41, 5.74) is 2.09. The van der Waals surface area contributed by atoms with Crippen LogP contribution < -0.4 is 5.32 Å². The fourth-order valence-corrected chi connectivity index (χ4v) is 6.05. The zero-order chi connectivity index (χ0) is 24.2. The number of benzene rings is 2. The number of nitrogens with zero attached hydrogens (tertiary/aromatic N) is 2. The van der Waals surface area contributed by atoms with Gasteiger partial charge in [0.2, 0.25) is 15.9 Å². The average molecular weight is 472 g/mol. The number of carbonyl (C=O) groups excluding carboxylic acids is 2. The molecule has 33 heavy (non-hydrogen) atoms. The molecule has 0 aromatic heterocycles. The second kappa shape index (κ2) is 10.5. The Balaban J connectivity index is 1.65. The largest absolute Gasteiger partial charge is 0.332 e. The molecule has 0 aliphatic carbocycles. The molecule has 0 unspecified atom stereocenters. The Kier molecular flexibility index (Phi) is 7.92. The summed E-state index contributed by atoms with van der Waals surface area (Å²) in [5.74, 6) is -0.0145. The minimum absolute atomic E-state index is 0.111. The number of aryl methyl sites for hydroxylation is 1. The van der Waals surface area contributed by atoms with Crippen molar-refractivity contribution < 1.29 is 18.0 Å². The third-order valence-corrected chi connectivity index (χ3v) is 7.82. The van der Waals surface area contributed by atoms with Crippen molar-refractivity contribution in [2.24, 2.45) is 11.8 Å². The summed E-state index contributed by atoms with van der Waals surface area (Å²) in [7, 11) is -2.06. The molecule has 1 heterocycles. The number of hydrogen-bond donors (Lipinski definition) is 1. The highest BCUT2D eigenvalue weighted by atomic mass is 32.2. The molecule has 0 radical (unpaired) electrons. The Morgan fingerprint density at radius 3 is 2.24 bits per heavy atom. The van der Waals surface area contributed by atoms with Gasteiger partial charge in [-0.25, -0.2) is 8.42 Å². The van der Waals surface area contributed by atoms with E-state index in [0.717, 1.165) is 24.1 Å². The van der Waals surface area contributed by atoms with E-state index in [1.54, 1.807) is 7.05 Å². The number of rotatable bonds is 7. The molecular weight excluding hydrogens is 438 g/mol. The van der Waals surface area contributed by atoms with Gasteiger partial charge in [0.05, 0.1) is 11.4 Å². The maximum absolute atomic E-state index is 13.0. The lowest BCUT2D eigenvalue weighted by atomic mass is 9.94. The third-order valence-electron chi connectivity index (χ3n) is 5.97. The topological polar surface area (TPSA) is 86.8 Å². The Bertz CT molecular complexity index is 1090. The van der Waals surface area contributed by atoms with E-state index in [1.165, 1.54) is 33.5 Å². The predicted molar refractivity (Wildman–Crippen MR) is 130 cm³/mol. The molecule has 3 rings (SSSR count). The number of carbonyl (C=O) groups is 2. The van der Waals surface area contributed by atoms with Crippen LogP contribution in [0.5, 0.6) is 0 Å². The first kappa shape index (κ1) is 24.9. The van der Waals surface area contributed by atoms with E-state index in [1.807, 2.05) is 31.2 Å². The van der Waals surface area contributed by atoms with Crippen molar-refractivity contribution in [1.82, 2.24) is 9.21 Å². The molecule has 1 aliphatic rings. The molecule has 8 heteroatoms. The predicted octanol–water partition coefficient (Wildman–Crippen LogP) is 3.63. The Morgan fingerprint density at radius 2 is 1.64 bits per heavy atom. The molecule has 0 bridgehead atoms. The molecule has 2 aromatic carbocycles. The van der Waals surface area contributed by atoms with Gasteiger partial charge in [0.15, 0.2) is 0 Å². The molecule has 0 saturated carbocycles. The van der Waals surface area contributed by atoms with E-state index < -0.39 is 10.0 Å². The number of hydrogen-bond acceptors (Lipinski definition) is 4. The van der Waals surface area contributed by atoms with Gasteiger partial charge in [0.25, 0.3) is 5.91 Å². The Labute approximate surface area is 196 Å². The first-order chi connectivity index (χ1) is 15.6.